The third-order valence-electron chi connectivity index (χ3n) is 3.31. The lowest BCUT2D eigenvalue weighted by molar-refractivity contribution is -0.384. The van der Waals surface area contributed by atoms with Gasteiger partial charge in [-0.2, -0.15) is 0 Å². The quantitative estimate of drug-likeness (QED) is 0.367. The summed E-state index contributed by atoms with van der Waals surface area (Å²) in [6.45, 7) is 0.379. The van der Waals surface area contributed by atoms with Gasteiger partial charge in [-0.15, -0.1) is 11.6 Å². The molecule has 7 nitrogen and oxygen atoms in total. The summed E-state index contributed by atoms with van der Waals surface area (Å²) >= 11 is 5.76. The number of hydrogen-bond donors (Lipinski definition) is 0. The Balaban J connectivity index is 2.45. The summed E-state index contributed by atoms with van der Waals surface area (Å²) < 4.78 is 4.63. The first kappa shape index (κ1) is 15.2. The minimum atomic E-state index is -0.726. The number of amides is 1. The monoisotopic (exact) mass is 312 g/mol. The number of hydrogen-bond acceptors (Lipinski definition) is 5. The largest absolute Gasteiger partial charge is 0.465 e. The number of esters is 1. The van der Waals surface area contributed by atoms with Crippen LogP contribution in [0.25, 0.3) is 0 Å². The summed E-state index contributed by atoms with van der Waals surface area (Å²) in [4.78, 5) is 35.4. The van der Waals surface area contributed by atoms with Crippen molar-refractivity contribution in [3.63, 3.8) is 0 Å². The highest BCUT2D eigenvalue weighted by Gasteiger charge is 2.33. The van der Waals surface area contributed by atoms with Gasteiger partial charge < -0.3 is 9.64 Å². The van der Waals surface area contributed by atoms with Crippen LogP contribution in [0.1, 0.15) is 16.8 Å². The van der Waals surface area contributed by atoms with Crippen molar-refractivity contribution in [2.45, 2.75) is 6.42 Å². The molecule has 112 valence electrons. The van der Waals surface area contributed by atoms with Gasteiger partial charge in [-0.05, 0) is 12.0 Å². The maximum absolute atomic E-state index is 12.0. The fourth-order valence-electron chi connectivity index (χ4n) is 2.26. The predicted molar refractivity (Wildman–Crippen MR) is 75.6 cm³/mol. The van der Waals surface area contributed by atoms with Crippen molar-refractivity contribution < 1.29 is 19.2 Å². The second-order valence-electron chi connectivity index (χ2n) is 4.68. The Morgan fingerprint density at radius 1 is 1.57 bits per heavy atom. The smallest absolute Gasteiger partial charge is 0.340 e. The number of nitro benzene ring substituents is 1. The zero-order chi connectivity index (χ0) is 15.6. The molecule has 1 atom stereocenters. The average molecular weight is 313 g/mol. The number of methoxy groups -OCH3 is 1. The lowest BCUT2D eigenvalue weighted by Crippen LogP contribution is -2.27. The number of rotatable bonds is 4. The fraction of sp³-hybridized carbons (Fsp3) is 0.385. The number of nitrogens with zero attached hydrogens (tertiary/aromatic N) is 2. The van der Waals surface area contributed by atoms with Crippen molar-refractivity contribution in [3.05, 3.63) is 33.9 Å². The van der Waals surface area contributed by atoms with E-state index >= 15 is 0 Å². The van der Waals surface area contributed by atoms with E-state index in [1.54, 1.807) is 0 Å². The van der Waals surface area contributed by atoms with Crippen LogP contribution in [-0.4, -0.2) is 36.3 Å². The molecule has 1 aromatic rings. The van der Waals surface area contributed by atoms with Gasteiger partial charge in [0, 0.05) is 31.0 Å². The summed E-state index contributed by atoms with van der Waals surface area (Å²) in [6.07, 6.45) is 0.293. The molecular weight excluding hydrogens is 300 g/mol. The number of non-ortho nitro benzene ring substituents is 1. The third kappa shape index (κ3) is 2.97. The van der Waals surface area contributed by atoms with Crippen molar-refractivity contribution in [3.8, 4) is 0 Å². The van der Waals surface area contributed by atoms with Gasteiger partial charge in [0.1, 0.15) is 0 Å². The molecule has 1 fully saturated rings. The Labute approximate surface area is 125 Å². The van der Waals surface area contributed by atoms with Gasteiger partial charge in [-0.1, -0.05) is 0 Å². The molecule has 0 aliphatic carbocycles. The summed E-state index contributed by atoms with van der Waals surface area (Å²) in [5.41, 5.74) is 0.0695. The molecule has 0 spiro atoms. The van der Waals surface area contributed by atoms with Gasteiger partial charge >= 0.3 is 5.97 Å². The lowest BCUT2D eigenvalue weighted by atomic mass is 10.1. The number of halogens is 1. The van der Waals surface area contributed by atoms with E-state index in [4.69, 9.17) is 11.6 Å². The second kappa shape index (κ2) is 6.09. The first-order valence-corrected chi connectivity index (χ1v) is 6.74. The van der Waals surface area contributed by atoms with Crippen LogP contribution < -0.4 is 4.90 Å². The van der Waals surface area contributed by atoms with Crippen LogP contribution in [0.4, 0.5) is 11.4 Å². The van der Waals surface area contributed by atoms with E-state index < -0.39 is 10.9 Å². The molecule has 0 aromatic heterocycles. The fourth-order valence-corrected chi connectivity index (χ4v) is 2.47. The van der Waals surface area contributed by atoms with Crippen LogP contribution >= 0.6 is 11.6 Å². The van der Waals surface area contributed by atoms with Crippen molar-refractivity contribution in [2.75, 3.05) is 24.4 Å². The summed E-state index contributed by atoms with van der Waals surface area (Å²) in [6, 6.07) is 3.75. The average Bonchev–Trinajstić information content (AvgIpc) is 2.86. The van der Waals surface area contributed by atoms with Gasteiger partial charge in [0.2, 0.25) is 5.91 Å². The molecular formula is C13H13ClN2O5. The topological polar surface area (TPSA) is 89.8 Å². The number of ether oxygens (including phenoxy) is 1. The Bertz CT molecular complexity index is 604. The Kier molecular flexibility index (Phi) is 4.42. The second-order valence-corrected chi connectivity index (χ2v) is 4.99. The van der Waals surface area contributed by atoms with Crippen molar-refractivity contribution in [1.29, 1.82) is 0 Å². The van der Waals surface area contributed by atoms with Crippen molar-refractivity contribution >= 4 is 34.9 Å². The Hall–Kier alpha value is -2.15. The minimum absolute atomic E-state index is 0.000134. The number of benzene rings is 1. The number of carbonyl (C=O) groups excluding carboxylic acids is 2. The molecule has 8 heteroatoms. The maximum Gasteiger partial charge on any atom is 0.340 e. The molecule has 1 unspecified atom stereocenters. The van der Waals surface area contributed by atoms with Crippen LogP contribution in [0.15, 0.2) is 18.2 Å². The van der Waals surface area contributed by atoms with E-state index in [0.29, 0.717) is 24.5 Å². The molecule has 2 rings (SSSR count). The molecule has 1 aliphatic rings. The van der Waals surface area contributed by atoms with Crippen molar-refractivity contribution in [2.24, 2.45) is 5.92 Å². The van der Waals surface area contributed by atoms with Gasteiger partial charge in [0.15, 0.2) is 0 Å². The maximum atomic E-state index is 12.0. The zero-order valence-electron chi connectivity index (χ0n) is 11.2. The lowest BCUT2D eigenvalue weighted by Gasteiger charge is -2.19. The summed E-state index contributed by atoms with van der Waals surface area (Å²) in [7, 11) is 1.18. The molecule has 1 amide bonds. The molecule has 1 saturated heterocycles. The highest BCUT2D eigenvalue weighted by atomic mass is 35.5. The Morgan fingerprint density at radius 2 is 2.29 bits per heavy atom. The van der Waals surface area contributed by atoms with Crippen LogP contribution in [-0.2, 0) is 9.53 Å². The molecule has 1 heterocycles. The van der Waals surface area contributed by atoms with Gasteiger partial charge in [0.05, 0.1) is 23.3 Å². The van der Waals surface area contributed by atoms with Gasteiger partial charge in [0.25, 0.3) is 5.69 Å². The van der Waals surface area contributed by atoms with Gasteiger partial charge in [-0.3, -0.25) is 14.9 Å². The van der Waals surface area contributed by atoms with E-state index in [9.17, 15) is 19.7 Å². The van der Waals surface area contributed by atoms with Gasteiger partial charge in [-0.25, -0.2) is 4.79 Å². The van der Waals surface area contributed by atoms with E-state index in [1.165, 1.54) is 24.1 Å². The molecule has 0 N–H and O–H groups in total. The van der Waals surface area contributed by atoms with Crippen LogP contribution in [0.5, 0.6) is 0 Å². The normalized spacial score (nSPS) is 17.9. The molecule has 0 radical (unpaired) electrons. The molecule has 0 bridgehead atoms. The number of nitro groups is 1. The van der Waals surface area contributed by atoms with Crippen LogP contribution in [0.3, 0.4) is 0 Å². The van der Waals surface area contributed by atoms with Crippen molar-refractivity contribution in [1.82, 2.24) is 0 Å². The van der Waals surface area contributed by atoms with Crippen LogP contribution in [0.2, 0.25) is 0 Å². The van der Waals surface area contributed by atoms with Crippen LogP contribution in [0, 0.1) is 16.0 Å². The standard InChI is InChI=1S/C13H13ClN2O5/c1-21-13(18)10-5-9(16(19)20)2-3-11(10)15-7-8(6-14)4-12(15)17/h2-3,5,8H,4,6-7H2,1H3. The number of carbonyl (C=O) groups is 2. The number of alkyl halides is 1. The Morgan fingerprint density at radius 3 is 2.81 bits per heavy atom. The first-order chi connectivity index (χ1) is 9.97. The first-order valence-electron chi connectivity index (χ1n) is 6.21. The highest BCUT2D eigenvalue weighted by molar-refractivity contribution is 6.18. The summed E-state index contributed by atoms with van der Waals surface area (Å²) in [5, 5.41) is 10.8. The zero-order valence-corrected chi connectivity index (χ0v) is 12.0. The van der Waals surface area contributed by atoms with E-state index in [1.807, 2.05) is 0 Å². The molecule has 1 aromatic carbocycles. The molecule has 0 saturated carbocycles. The highest BCUT2D eigenvalue weighted by Crippen LogP contribution is 2.31. The molecule has 1 aliphatic heterocycles. The van der Waals surface area contributed by atoms with E-state index in [2.05, 4.69) is 4.74 Å². The SMILES string of the molecule is COC(=O)c1cc([N+](=O)[O-])ccc1N1CC(CCl)CC1=O. The molecule has 21 heavy (non-hydrogen) atoms. The third-order valence-corrected chi connectivity index (χ3v) is 3.75. The minimum Gasteiger partial charge on any atom is -0.465 e. The number of anilines is 1. The predicted octanol–water partition coefficient (Wildman–Crippen LogP) is 1.97. The van der Waals surface area contributed by atoms with E-state index in [0.717, 1.165) is 6.07 Å². The summed E-state index contributed by atoms with van der Waals surface area (Å²) in [5.74, 6) is -0.557. The van der Waals surface area contributed by atoms with E-state index in [-0.39, 0.29) is 23.1 Å².